The zero-order chi connectivity index (χ0) is 15.8. The van der Waals surface area contributed by atoms with Gasteiger partial charge >= 0.3 is 5.97 Å². The second-order valence-corrected chi connectivity index (χ2v) is 5.89. The molecule has 6 heteroatoms. The van der Waals surface area contributed by atoms with Gasteiger partial charge in [-0.2, -0.15) is 0 Å². The summed E-state index contributed by atoms with van der Waals surface area (Å²) in [6, 6.07) is 7.46. The molecule has 3 N–H and O–H groups in total. The number of aromatic carboxylic acids is 1. The Balaban J connectivity index is 1.76. The molecule has 0 amide bonds. The van der Waals surface area contributed by atoms with Crippen LogP contribution in [0.4, 0.5) is 5.82 Å². The van der Waals surface area contributed by atoms with Gasteiger partial charge in [0.2, 0.25) is 5.76 Å². The number of aromatic nitrogens is 2. The lowest BCUT2D eigenvalue weighted by Gasteiger charge is -2.13. The number of rotatable bonds is 4. The molecule has 4 rings (SSSR count). The number of fused-ring (bicyclic) bond motifs is 1. The normalized spacial score (nSPS) is 15.3. The third-order valence-corrected chi connectivity index (χ3v) is 4.32. The molecule has 1 saturated carbocycles. The van der Waals surface area contributed by atoms with E-state index in [0.717, 1.165) is 35.3 Å². The van der Waals surface area contributed by atoms with Crippen molar-refractivity contribution >= 4 is 22.8 Å². The summed E-state index contributed by atoms with van der Waals surface area (Å²) in [5.74, 6) is 0.185. The number of pyridine rings is 1. The van der Waals surface area contributed by atoms with E-state index < -0.39 is 5.97 Å². The summed E-state index contributed by atoms with van der Waals surface area (Å²) in [4.78, 5) is 18.7. The van der Waals surface area contributed by atoms with Gasteiger partial charge in [0.05, 0.1) is 0 Å². The highest BCUT2D eigenvalue weighted by Gasteiger charge is 2.18. The Morgan fingerprint density at radius 3 is 2.87 bits per heavy atom. The fraction of sp³-hybridized carbons (Fsp3) is 0.294. The molecule has 23 heavy (non-hydrogen) atoms. The first-order valence-electron chi connectivity index (χ1n) is 7.79. The minimum atomic E-state index is -1.07. The highest BCUT2D eigenvalue weighted by atomic mass is 16.4. The molecule has 1 fully saturated rings. The van der Waals surface area contributed by atoms with Gasteiger partial charge in [-0.3, -0.25) is 0 Å². The van der Waals surface area contributed by atoms with Gasteiger partial charge in [-0.15, -0.1) is 0 Å². The fourth-order valence-electron chi connectivity index (χ4n) is 3.19. The number of carbonyl (C=O) groups is 1. The lowest BCUT2D eigenvalue weighted by molar-refractivity contribution is 0.0663. The van der Waals surface area contributed by atoms with Crippen LogP contribution in [0, 0.1) is 0 Å². The number of carboxylic acids is 1. The minimum Gasteiger partial charge on any atom is -0.475 e. The summed E-state index contributed by atoms with van der Waals surface area (Å²) in [6.07, 6.45) is 6.62. The van der Waals surface area contributed by atoms with Gasteiger partial charge < -0.3 is 19.8 Å². The fourth-order valence-corrected chi connectivity index (χ4v) is 3.19. The molecule has 3 aromatic rings. The smallest absolute Gasteiger partial charge is 0.371 e. The highest BCUT2D eigenvalue weighted by Crippen LogP contribution is 2.32. The van der Waals surface area contributed by atoms with Crippen LogP contribution in [0.15, 0.2) is 34.9 Å². The van der Waals surface area contributed by atoms with Crippen LogP contribution >= 0.6 is 0 Å². The Bertz CT molecular complexity index is 859. The first-order chi connectivity index (χ1) is 11.2. The molecule has 3 aromatic heterocycles. The molecule has 0 aromatic carbocycles. The van der Waals surface area contributed by atoms with E-state index in [2.05, 4.69) is 15.3 Å². The monoisotopic (exact) mass is 311 g/mol. The third kappa shape index (κ3) is 2.56. The number of H-pyrrole nitrogens is 1. The average Bonchev–Trinajstić information content (AvgIpc) is 3.27. The quantitative estimate of drug-likeness (QED) is 0.680. The summed E-state index contributed by atoms with van der Waals surface area (Å²) in [5, 5.41) is 13.4. The number of aromatic amines is 1. The van der Waals surface area contributed by atoms with Crippen LogP contribution in [0.2, 0.25) is 0 Å². The van der Waals surface area contributed by atoms with E-state index in [1.54, 1.807) is 6.07 Å². The molecular formula is C17H17N3O3. The van der Waals surface area contributed by atoms with Crippen molar-refractivity contribution in [3.05, 3.63) is 36.2 Å². The Morgan fingerprint density at radius 1 is 1.30 bits per heavy atom. The van der Waals surface area contributed by atoms with E-state index in [1.807, 2.05) is 18.3 Å². The van der Waals surface area contributed by atoms with Crippen molar-refractivity contribution in [2.45, 2.75) is 31.7 Å². The van der Waals surface area contributed by atoms with E-state index in [1.165, 1.54) is 18.9 Å². The molecule has 1 aliphatic carbocycles. The molecule has 0 spiro atoms. The molecule has 0 unspecified atom stereocenters. The zero-order valence-corrected chi connectivity index (χ0v) is 12.5. The molecule has 0 bridgehead atoms. The number of nitrogens with zero attached hydrogens (tertiary/aromatic N) is 1. The van der Waals surface area contributed by atoms with Crippen LogP contribution in [0.25, 0.3) is 22.4 Å². The number of furan rings is 1. The van der Waals surface area contributed by atoms with Crippen LogP contribution < -0.4 is 5.32 Å². The van der Waals surface area contributed by atoms with Crippen molar-refractivity contribution < 1.29 is 14.3 Å². The summed E-state index contributed by atoms with van der Waals surface area (Å²) >= 11 is 0. The van der Waals surface area contributed by atoms with Crippen molar-refractivity contribution in [3.63, 3.8) is 0 Å². The van der Waals surface area contributed by atoms with E-state index in [0.29, 0.717) is 11.8 Å². The molecular weight excluding hydrogens is 294 g/mol. The van der Waals surface area contributed by atoms with Gasteiger partial charge in [0.1, 0.15) is 17.2 Å². The summed E-state index contributed by atoms with van der Waals surface area (Å²) in [6.45, 7) is 0. The second kappa shape index (κ2) is 5.46. The summed E-state index contributed by atoms with van der Waals surface area (Å²) in [7, 11) is 0. The Kier molecular flexibility index (Phi) is 3.29. The third-order valence-electron chi connectivity index (χ3n) is 4.32. The second-order valence-electron chi connectivity index (χ2n) is 5.89. The van der Waals surface area contributed by atoms with Gasteiger partial charge in [0, 0.05) is 23.2 Å². The Labute approximate surface area is 132 Å². The molecule has 0 saturated heterocycles. The van der Waals surface area contributed by atoms with Gasteiger partial charge in [-0.1, -0.05) is 12.8 Å². The predicted octanol–water partition coefficient (Wildman–Crippen LogP) is 3.88. The van der Waals surface area contributed by atoms with E-state index in [9.17, 15) is 4.79 Å². The molecule has 0 aliphatic heterocycles. The number of hydrogen-bond acceptors (Lipinski definition) is 4. The van der Waals surface area contributed by atoms with Gasteiger partial charge in [-0.05, 0) is 37.1 Å². The van der Waals surface area contributed by atoms with Crippen LogP contribution in [0.5, 0.6) is 0 Å². The molecule has 0 radical (unpaired) electrons. The molecule has 3 heterocycles. The van der Waals surface area contributed by atoms with Gasteiger partial charge in [0.15, 0.2) is 0 Å². The topological polar surface area (TPSA) is 91.1 Å². The standard InChI is InChI=1S/C17H17N3O3/c21-17(22)14-6-5-13(23-14)12-9-15(19-10-3-1-2-4-10)20-16-11(12)7-8-18-16/h5-10H,1-4H2,(H,21,22)(H2,18,19,20). The van der Waals surface area contributed by atoms with Crippen molar-refractivity contribution in [2.75, 3.05) is 5.32 Å². The van der Waals surface area contributed by atoms with Crippen molar-refractivity contribution in [3.8, 4) is 11.3 Å². The zero-order valence-electron chi connectivity index (χ0n) is 12.5. The van der Waals surface area contributed by atoms with E-state index in [-0.39, 0.29) is 5.76 Å². The summed E-state index contributed by atoms with van der Waals surface area (Å²) < 4.78 is 5.46. The van der Waals surface area contributed by atoms with Crippen LogP contribution in [-0.2, 0) is 0 Å². The average molecular weight is 311 g/mol. The Hall–Kier alpha value is -2.76. The summed E-state index contributed by atoms with van der Waals surface area (Å²) in [5.41, 5.74) is 1.60. The lowest BCUT2D eigenvalue weighted by atomic mass is 10.1. The maximum Gasteiger partial charge on any atom is 0.371 e. The first kappa shape index (κ1) is 13.9. The van der Waals surface area contributed by atoms with Crippen LogP contribution in [-0.4, -0.2) is 27.1 Å². The molecule has 1 aliphatic rings. The number of carboxylic acid groups (broad SMARTS) is 1. The molecule has 6 nitrogen and oxygen atoms in total. The van der Waals surface area contributed by atoms with Crippen molar-refractivity contribution in [1.82, 2.24) is 9.97 Å². The maximum atomic E-state index is 11.0. The lowest BCUT2D eigenvalue weighted by Crippen LogP contribution is -2.15. The maximum absolute atomic E-state index is 11.0. The van der Waals surface area contributed by atoms with Crippen LogP contribution in [0.3, 0.4) is 0 Å². The Morgan fingerprint density at radius 2 is 2.13 bits per heavy atom. The number of anilines is 1. The number of hydrogen-bond donors (Lipinski definition) is 3. The van der Waals surface area contributed by atoms with Crippen molar-refractivity contribution in [1.29, 1.82) is 0 Å². The SMILES string of the molecule is O=C(O)c1ccc(-c2cc(NC3CCCC3)nc3[nH]ccc23)o1. The molecule has 0 atom stereocenters. The highest BCUT2D eigenvalue weighted by molar-refractivity contribution is 5.94. The minimum absolute atomic E-state index is 0.0641. The first-order valence-corrected chi connectivity index (χ1v) is 7.79. The van der Waals surface area contributed by atoms with E-state index in [4.69, 9.17) is 9.52 Å². The van der Waals surface area contributed by atoms with Crippen LogP contribution in [0.1, 0.15) is 36.2 Å². The van der Waals surface area contributed by atoms with Crippen molar-refractivity contribution in [2.24, 2.45) is 0 Å². The van der Waals surface area contributed by atoms with Gasteiger partial charge in [-0.25, -0.2) is 9.78 Å². The molecule has 118 valence electrons. The predicted molar refractivity (Wildman–Crippen MR) is 86.6 cm³/mol. The van der Waals surface area contributed by atoms with Gasteiger partial charge in [0.25, 0.3) is 0 Å². The largest absolute Gasteiger partial charge is 0.475 e. The van der Waals surface area contributed by atoms with E-state index >= 15 is 0 Å². The number of nitrogens with one attached hydrogen (secondary N) is 2.